The molecule has 0 heterocycles. The maximum absolute atomic E-state index is 12.3. The van der Waals surface area contributed by atoms with Crippen LogP contribution in [-0.4, -0.2) is 25.7 Å². The maximum atomic E-state index is 12.3. The smallest absolute Gasteiger partial charge is 0.240 e. The second kappa shape index (κ2) is 6.07. The Labute approximate surface area is 128 Å². The van der Waals surface area contributed by atoms with Crippen molar-refractivity contribution in [3.8, 4) is 0 Å². The quantitative estimate of drug-likeness (QED) is 0.736. The molecule has 0 unspecified atom stereocenters. The molecule has 4 N–H and O–H groups in total. The van der Waals surface area contributed by atoms with E-state index < -0.39 is 10.0 Å². The van der Waals surface area contributed by atoms with Crippen molar-refractivity contribution in [1.29, 1.82) is 0 Å². The number of hydrogen-bond acceptors (Lipinski definition) is 4. The van der Waals surface area contributed by atoms with Crippen LogP contribution in [0.25, 0.3) is 0 Å². The van der Waals surface area contributed by atoms with Crippen molar-refractivity contribution in [3.05, 3.63) is 22.2 Å². The Hall–Kier alpha value is -0.530. The van der Waals surface area contributed by atoms with E-state index in [1.165, 1.54) is 12.1 Å². The van der Waals surface area contributed by atoms with Crippen molar-refractivity contribution in [3.63, 3.8) is 0 Å². The van der Waals surface area contributed by atoms with Gasteiger partial charge in [0.25, 0.3) is 0 Å². The molecule has 1 aromatic rings. The number of sulfonamides is 1. The summed E-state index contributed by atoms with van der Waals surface area (Å²) in [5.41, 5.74) is 5.75. The predicted octanol–water partition coefficient (Wildman–Crippen LogP) is 2.16. The third-order valence-electron chi connectivity index (χ3n) is 3.38. The number of benzene rings is 1. The van der Waals surface area contributed by atoms with Crippen molar-refractivity contribution < 1.29 is 13.5 Å². The first-order chi connectivity index (χ1) is 9.29. The fourth-order valence-electron chi connectivity index (χ4n) is 2.20. The minimum atomic E-state index is -3.70. The molecule has 1 aliphatic carbocycles. The van der Waals surface area contributed by atoms with E-state index in [1.54, 1.807) is 0 Å². The molecule has 1 aromatic carbocycles. The zero-order valence-electron chi connectivity index (χ0n) is 10.6. The lowest BCUT2D eigenvalue weighted by atomic mass is 9.94. The summed E-state index contributed by atoms with van der Waals surface area (Å²) < 4.78 is 27.1. The molecule has 1 aliphatic rings. The molecule has 112 valence electrons. The van der Waals surface area contributed by atoms with Crippen LogP contribution >= 0.6 is 23.2 Å². The third kappa shape index (κ3) is 3.56. The fraction of sp³-hybridized carbons (Fsp3) is 0.500. The van der Waals surface area contributed by atoms with Gasteiger partial charge in [-0.3, -0.25) is 0 Å². The van der Waals surface area contributed by atoms with Gasteiger partial charge >= 0.3 is 0 Å². The van der Waals surface area contributed by atoms with Gasteiger partial charge in [-0.15, -0.1) is 0 Å². The Kier molecular flexibility index (Phi) is 4.81. The van der Waals surface area contributed by atoms with Crippen LogP contribution in [0.1, 0.15) is 25.7 Å². The van der Waals surface area contributed by atoms with Gasteiger partial charge < -0.3 is 10.8 Å². The summed E-state index contributed by atoms with van der Waals surface area (Å²) in [6.45, 7) is 0. The van der Waals surface area contributed by atoms with E-state index in [2.05, 4.69) is 4.72 Å². The Bertz CT molecular complexity index is 576. The molecule has 2 rings (SSSR count). The number of nitrogens with one attached hydrogen (secondary N) is 1. The average Bonchev–Trinajstić information content (AvgIpc) is 2.38. The van der Waals surface area contributed by atoms with Crippen molar-refractivity contribution in [2.45, 2.75) is 42.7 Å². The molecule has 0 radical (unpaired) electrons. The van der Waals surface area contributed by atoms with Crippen LogP contribution in [-0.2, 0) is 10.0 Å². The van der Waals surface area contributed by atoms with Gasteiger partial charge in [0, 0.05) is 6.04 Å². The molecule has 0 aliphatic heterocycles. The first-order valence-electron chi connectivity index (χ1n) is 6.24. The van der Waals surface area contributed by atoms with E-state index in [9.17, 15) is 13.5 Å². The van der Waals surface area contributed by atoms with Crippen LogP contribution in [0.4, 0.5) is 5.69 Å². The highest BCUT2D eigenvalue weighted by Crippen LogP contribution is 2.31. The van der Waals surface area contributed by atoms with E-state index in [0.29, 0.717) is 25.7 Å². The monoisotopic (exact) mass is 338 g/mol. The molecule has 5 nitrogen and oxygen atoms in total. The molecule has 1 saturated carbocycles. The second-order valence-corrected chi connectivity index (χ2v) is 7.46. The van der Waals surface area contributed by atoms with Crippen molar-refractivity contribution in [1.82, 2.24) is 4.72 Å². The van der Waals surface area contributed by atoms with Crippen LogP contribution in [0.2, 0.25) is 10.0 Å². The van der Waals surface area contributed by atoms with Crippen molar-refractivity contribution >= 4 is 38.9 Å². The van der Waals surface area contributed by atoms with Crippen molar-refractivity contribution in [2.24, 2.45) is 0 Å². The standard InChI is InChI=1S/C12H16Cl2N2O3S/c13-10-5-9(6-11(14)12(10)15)20(18,19)16-7-1-3-8(17)4-2-7/h5-8,16-17H,1-4,15H2. The van der Waals surface area contributed by atoms with E-state index in [-0.39, 0.29) is 32.8 Å². The minimum absolute atomic E-state index is 0.00665. The number of hydrogen-bond donors (Lipinski definition) is 3. The highest BCUT2D eigenvalue weighted by Gasteiger charge is 2.25. The molecule has 0 bridgehead atoms. The third-order valence-corrected chi connectivity index (χ3v) is 5.51. The van der Waals surface area contributed by atoms with Gasteiger partial charge in [-0.25, -0.2) is 13.1 Å². The summed E-state index contributed by atoms with van der Waals surface area (Å²) in [7, 11) is -3.70. The number of aliphatic hydroxyl groups excluding tert-OH is 1. The zero-order valence-corrected chi connectivity index (χ0v) is 13.0. The van der Waals surface area contributed by atoms with Gasteiger partial charge in [-0.05, 0) is 37.8 Å². The van der Waals surface area contributed by atoms with Gasteiger partial charge in [0.15, 0.2) is 0 Å². The number of halogens is 2. The molecule has 0 atom stereocenters. The molecule has 0 amide bonds. The summed E-state index contributed by atoms with van der Waals surface area (Å²) in [5, 5.41) is 9.64. The van der Waals surface area contributed by atoms with Crippen LogP contribution in [0.15, 0.2) is 17.0 Å². The zero-order chi connectivity index (χ0) is 14.9. The van der Waals surface area contributed by atoms with Gasteiger partial charge in [0.2, 0.25) is 10.0 Å². The topological polar surface area (TPSA) is 92.4 Å². The van der Waals surface area contributed by atoms with Crippen molar-refractivity contribution in [2.75, 3.05) is 5.73 Å². The van der Waals surface area contributed by atoms with Gasteiger partial charge in [-0.2, -0.15) is 0 Å². The number of anilines is 1. The molecule has 0 aromatic heterocycles. The number of nitrogen functional groups attached to an aromatic ring is 1. The average molecular weight is 339 g/mol. The number of aliphatic hydroxyl groups is 1. The largest absolute Gasteiger partial charge is 0.396 e. The predicted molar refractivity (Wildman–Crippen MR) is 79.5 cm³/mol. The highest BCUT2D eigenvalue weighted by atomic mass is 35.5. The first kappa shape index (κ1) is 15.9. The lowest BCUT2D eigenvalue weighted by molar-refractivity contribution is 0.120. The first-order valence-corrected chi connectivity index (χ1v) is 8.48. The highest BCUT2D eigenvalue weighted by molar-refractivity contribution is 7.89. The van der Waals surface area contributed by atoms with Crippen LogP contribution in [0, 0.1) is 0 Å². The Morgan fingerprint density at radius 3 is 2.15 bits per heavy atom. The lowest BCUT2D eigenvalue weighted by Gasteiger charge is -2.26. The second-order valence-electron chi connectivity index (χ2n) is 4.93. The molecule has 0 spiro atoms. The Balaban J connectivity index is 2.18. The van der Waals surface area contributed by atoms with Gasteiger partial charge in [0.1, 0.15) is 0 Å². The van der Waals surface area contributed by atoms with E-state index >= 15 is 0 Å². The van der Waals surface area contributed by atoms with E-state index in [4.69, 9.17) is 28.9 Å². The van der Waals surface area contributed by atoms with Crippen LogP contribution < -0.4 is 10.5 Å². The summed E-state index contributed by atoms with van der Waals surface area (Å²) >= 11 is 11.7. The van der Waals surface area contributed by atoms with Crippen LogP contribution in [0.3, 0.4) is 0 Å². The van der Waals surface area contributed by atoms with E-state index in [0.717, 1.165) is 0 Å². The summed E-state index contributed by atoms with van der Waals surface area (Å²) in [5.74, 6) is 0. The lowest BCUT2D eigenvalue weighted by Crippen LogP contribution is -2.38. The maximum Gasteiger partial charge on any atom is 0.240 e. The minimum Gasteiger partial charge on any atom is -0.396 e. The summed E-state index contributed by atoms with van der Waals surface area (Å²) in [4.78, 5) is -0.00665. The van der Waals surface area contributed by atoms with E-state index in [1.807, 2.05) is 0 Å². The van der Waals surface area contributed by atoms with Crippen LogP contribution in [0.5, 0.6) is 0 Å². The summed E-state index contributed by atoms with van der Waals surface area (Å²) in [6, 6.07) is 2.38. The van der Waals surface area contributed by atoms with Gasteiger partial charge in [0.05, 0.1) is 26.7 Å². The molecular formula is C12H16Cl2N2O3S. The number of rotatable bonds is 3. The molecule has 20 heavy (non-hydrogen) atoms. The molecule has 1 fully saturated rings. The number of nitrogens with two attached hydrogens (primary N) is 1. The molecular weight excluding hydrogens is 323 g/mol. The fourth-order valence-corrected chi connectivity index (χ4v) is 4.17. The Morgan fingerprint density at radius 1 is 1.15 bits per heavy atom. The normalized spacial score (nSPS) is 23.8. The summed E-state index contributed by atoms with van der Waals surface area (Å²) in [6.07, 6.45) is 2.07. The molecule has 8 heteroatoms. The molecule has 0 saturated heterocycles. The van der Waals surface area contributed by atoms with Gasteiger partial charge in [-0.1, -0.05) is 23.2 Å². The SMILES string of the molecule is Nc1c(Cl)cc(S(=O)(=O)NC2CCC(O)CC2)cc1Cl. The Morgan fingerprint density at radius 2 is 1.65 bits per heavy atom.